The van der Waals surface area contributed by atoms with E-state index in [1.165, 1.54) is 16.2 Å². The first-order valence-corrected chi connectivity index (χ1v) is 7.34. The van der Waals surface area contributed by atoms with Gasteiger partial charge in [-0.25, -0.2) is 4.39 Å². The maximum Gasteiger partial charge on any atom is 0.123 e. The Morgan fingerprint density at radius 3 is 2.68 bits per heavy atom. The molecule has 0 radical (unpaired) electrons. The SMILES string of the molecule is Fc1cccc(CC(Cl)c2cc3ccccc3s2)c1. The molecule has 1 aromatic heterocycles. The van der Waals surface area contributed by atoms with Crippen molar-refractivity contribution in [2.45, 2.75) is 11.8 Å². The van der Waals surface area contributed by atoms with Gasteiger partial charge in [0.1, 0.15) is 5.82 Å². The zero-order valence-electron chi connectivity index (χ0n) is 10.1. The Bertz CT molecular complexity index is 672. The highest BCUT2D eigenvalue weighted by Gasteiger charge is 2.12. The third kappa shape index (κ3) is 2.80. The third-order valence-electron chi connectivity index (χ3n) is 3.06. The number of benzene rings is 2. The predicted octanol–water partition coefficient (Wildman–Crippen LogP) is 5.56. The van der Waals surface area contributed by atoms with Crippen LogP contribution in [0.1, 0.15) is 15.8 Å². The number of hydrogen-bond donors (Lipinski definition) is 0. The zero-order chi connectivity index (χ0) is 13.2. The Morgan fingerprint density at radius 1 is 1.05 bits per heavy atom. The van der Waals surface area contributed by atoms with Gasteiger partial charge in [0.2, 0.25) is 0 Å². The van der Waals surface area contributed by atoms with Crippen molar-refractivity contribution in [2.75, 3.05) is 0 Å². The van der Waals surface area contributed by atoms with Crippen LogP contribution in [0, 0.1) is 5.82 Å². The number of halogens is 2. The van der Waals surface area contributed by atoms with Crippen molar-refractivity contribution < 1.29 is 4.39 Å². The second-order valence-electron chi connectivity index (χ2n) is 4.49. The summed E-state index contributed by atoms with van der Waals surface area (Å²) in [6.45, 7) is 0. The standard InChI is InChI=1S/C16H12ClFS/c17-14(9-11-4-3-6-13(18)8-11)16-10-12-5-1-2-7-15(12)19-16/h1-8,10,14H,9H2. The second-order valence-corrected chi connectivity index (χ2v) is 6.13. The molecular weight excluding hydrogens is 279 g/mol. The van der Waals surface area contributed by atoms with Gasteiger partial charge in [0.05, 0.1) is 5.38 Å². The first kappa shape index (κ1) is 12.6. The molecule has 0 bridgehead atoms. The molecule has 0 aliphatic carbocycles. The van der Waals surface area contributed by atoms with Crippen molar-refractivity contribution in [3.05, 3.63) is 70.9 Å². The molecule has 0 amide bonds. The minimum atomic E-state index is -0.210. The lowest BCUT2D eigenvalue weighted by Gasteiger charge is -2.07. The summed E-state index contributed by atoms with van der Waals surface area (Å²) < 4.78 is 14.4. The van der Waals surface area contributed by atoms with Crippen LogP contribution in [-0.2, 0) is 6.42 Å². The van der Waals surface area contributed by atoms with E-state index < -0.39 is 0 Å². The van der Waals surface area contributed by atoms with Crippen LogP contribution in [0.5, 0.6) is 0 Å². The quantitative estimate of drug-likeness (QED) is 0.554. The van der Waals surface area contributed by atoms with Crippen molar-refractivity contribution in [3.63, 3.8) is 0 Å². The van der Waals surface area contributed by atoms with Crippen LogP contribution in [0.3, 0.4) is 0 Å². The van der Waals surface area contributed by atoms with E-state index >= 15 is 0 Å². The molecule has 1 heterocycles. The van der Waals surface area contributed by atoms with Crippen LogP contribution in [0.4, 0.5) is 4.39 Å². The lowest BCUT2D eigenvalue weighted by atomic mass is 10.1. The van der Waals surface area contributed by atoms with Crippen molar-refractivity contribution in [1.82, 2.24) is 0 Å². The van der Waals surface area contributed by atoms with Gasteiger partial charge in [0.15, 0.2) is 0 Å². The average Bonchev–Trinajstić information content (AvgIpc) is 2.82. The Balaban J connectivity index is 1.85. The van der Waals surface area contributed by atoms with E-state index in [0.717, 1.165) is 10.4 Å². The molecule has 0 nitrogen and oxygen atoms in total. The summed E-state index contributed by atoms with van der Waals surface area (Å²) in [6.07, 6.45) is 0.645. The predicted molar refractivity (Wildman–Crippen MR) is 80.5 cm³/mol. The Morgan fingerprint density at radius 2 is 1.89 bits per heavy atom. The fourth-order valence-electron chi connectivity index (χ4n) is 2.13. The van der Waals surface area contributed by atoms with E-state index in [1.807, 2.05) is 18.2 Å². The zero-order valence-corrected chi connectivity index (χ0v) is 11.7. The van der Waals surface area contributed by atoms with Gasteiger partial charge in [0, 0.05) is 9.58 Å². The van der Waals surface area contributed by atoms with Gasteiger partial charge in [-0.05, 0) is 41.6 Å². The van der Waals surface area contributed by atoms with E-state index in [9.17, 15) is 4.39 Å². The molecule has 0 N–H and O–H groups in total. The smallest absolute Gasteiger partial charge is 0.123 e. The molecule has 0 saturated carbocycles. The fraction of sp³-hybridized carbons (Fsp3) is 0.125. The summed E-state index contributed by atoms with van der Waals surface area (Å²) in [5.74, 6) is -0.210. The molecule has 0 aliphatic heterocycles. The number of hydrogen-bond acceptors (Lipinski definition) is 1. The molecule has 3 heteroatoms. The highest BCUT2D eigenvalue weighted by molar-refractivity contribution is 7.19. The first-order valence-electron chi connectivity index (χ1n) is 6.09. The number of fused-ring (bicyclic) bond motifs is 1. The van der Waals surface area contributed by atoms with Crippen LogP contribution in [0.25, 0.3) is 10.1 Å². The van der Waals surface area contributed by atoms with Gasteiger partial charge in [-0.3, -0.25) is 0 Å². The van der Waals surface area contributed by atoms with E-state index in [1.54, 1.807) is 23.5 Å². The van der Waals surface area contributed by atoms with E-state index in [2.05, 4.69) is 18.2 Å². The molecular formula is C16H12ClFS. The van der Waals surface area contributed by atoms with E-state index in [-0.39, 0.29) is 11.2 Å². The molecule has 0 fully saturated rings. The lowest BCUT2D eigenvalue weighted by molar-refractivity contribution is 0.625. The largest absolute Gasteiger partial charge is 0.207 e. The van der Waals surface area contributed by atoms with Gasteiger partial charge in [0.25, 0.3) is 0 Å². The molecule has 3 rings (SSSR count). The molecule has 1 unspecified atom stereocenters. The topological polar surface area (TPSA) is 0 Å². The maximum absolute atomic E-state index is 13.1. The van der Waals surface area contributed by atoms with Gasteiger partial charge in [-0.2, -0.15) is 0 Å². The van der Waals surface area contributed by atoms with E-state index in [4.69, 9.17) is 11.6 Å². The summed E-state index contributed by atoms with van der Waals surface area (Å²) in [5, 5.41) is 1.10. The Labute approximate surface area is 120 Å². The third-order valence-corrected chi connectivity index (χ3v) is 4.81. The highest BCUT2D eigenvalue weighted by Crippen LogP contribution is 2.34. The normalized spacial score (nSPS) is 12.7. The molecule has 2 aromatic carbocycles. The average molecular weight is 291 g/mol. The molecule has 96 valence electrons. The van der Waals surface area contributed by atoms with Crippen LogP contribution in [0.2, 0.25) is 0 Å². The van der Waals surface area contributed by atoms with Crippen LogP contribution in [-0.4, -0.2) is 0 Å². The molecule has 0 saturated heterocycles. The van der Waals surface area contributed by atoms with Gasteiger partial charge >= 0.3 is 0 Å². The number of thiophene rings is 1. The molecule has 1 atom stereocenters. The Hall–Kier alpha value is -1.38. The molecule has 0 spiro atoms. The summed E-state index contributed by atoms with van der Waals surface area (Å²) in [4.78, 5) is 1.13. The monoisotopic (exact) mass is 290 g/mol. The molecule has 19 heavy (non-hydrogen) atoms. The van der Waals surface area contributed by atoms with Gasteiger partial charge in [-0.1, -0.05) is 30.3 Å². The van der Waals surface area contributed by atoms with Crippen LogP contribution in [0.15, 0.2) is 54.6 Å². The minimum Gasteiger partial charge on any atom is -0.207 e. The van der Waals surface area contributed by atoms with Gasteiger partial charge < -0.3 is 0 Å². The van der Waals surface area contributed by atoms with Crippen LogP contribution >= 0.6 is 22.9 Å². The van der Waals surface area contributed by atoms with Crippen LogP contribution < -0.4 is 0 Å². The number of rotatable bonds is 3. The summed E-state index contributed by atoms with van der Waals surface area (Å²) in [7, 11) is 0. The summed E-state index contributed by atoms with van der Waals surface area (Å²) in [5.41, 5.74) is 0.928. The molecule has 3 aromatic rings. The lowest BCUT2D eigenvalue weighted by Crippen LogP contribution is -1.93. The maximum atomic E-state index is 13.1. The van der Waals surface area contributed by atoms with Crippen molar-refractivity contribution in [1.29, 1.82) is 0 Å². The van der Waals surface area contributed by atoms with Crippen molar-refractivity contribution in [3.8, 4) is 0 Å². The van der Waals surface area contributed by atoms with E-state index in [0.29, 0.717) is 6.42 Å². The minimum absolute atomic E-state index is 0.112. The number of alkyl halides is 1. The summed E-state index contributed by atoms with van der Waals surface area (Å²) >= 11 is 8.16. The molecule has 0 aliphatic rings. The van der Waals surface area contributed by atoms with Crippen molar-refractivity contribution >= 4 is 33.0 Å². The fourth-order valence-corrected chi connectivity index (χ4v) is 3.55. The Kier molecular flexibility index (Phi) is 3.54. The highest BCUT2D eigenvalue weighted by atomic mass is 35.5. The van der Waals surface area contributed by atoms with Gasteiger partial charge in [-0.15, -0.1) is 22.9 Å². The van der Waals surface area contributed by atoms with Crippen molar-refractivity contribution in [2.24, 2.45) is 0 Å². The summed E-state index contributed by atoms with van der Waals surface area (Å²) in [6, 6.07) is 17.0. The second kappa shape index (κ2) is 5.32. The first-order chi connectivity index (χ1) is 9.22.